The molecular formula is C32H39N7O3. The Morgan fingerprint density at radius 3 is 2.62 bits per heavy atom. The summed E-state index contributed by atoms with van der Waals surface area (Å²) in [4.78, 5) is 32.9. The predicted octanol–water partition coefficient (Wildman–Crippen LogP) is 2.92. The number of nitrogens with one attached hydrogen (secondary N) is 3. The molecule has 2 aliphatic rings. The lowest BCUT2D eigenvalue weighted by atomic mass is 10.1. The van der Waals surface area contributed by atoms with Crippen LogP contribution in [-0.2, 0) is 18.4 Å². The molecule has 2 atom stereocenters. The Hall–Kier alpha value is -4.15. The number of para-hydroxylation sites is 1. The Morgan fingerprint density at radius 1 is 1.12 bits per heavy atom. The number of likely N-dealkylation sites (N-methyl/N-ethyl adjacent to an activating group) is 1. The van der Waals surface area contributed by atoms with Gasteiger partial charge in [-0.2, -0.15) is 0 Å². The van der Waals surface area contributed by atoms with Gasteiger partial charge in [0.25, 0.3) is 5.91 Å². The molecule has 10 nitrogen and oxygen atoms in total. The first-order valence-corrected chi connectivity index (χ1v) is 14.6. The Labute approximate surface area is 245 Å². The number of carbonyl (C=O) groups excluding carboxylic acids is 2. The number of methoxy groups -OCH3 is 1. The lowest BCUT2D eigenvalue weighted by Crippen LogP contribution is -2.50. The predicted molar refractivity (Wildman–Crippen MR) is 165 cm³/mol. The highest BCUT2D eigenvalue weighted by atomic mass is 16.5. The molecule has 0 spiro atoms. The molecule has 1 unspecified atom stereocenters. The van der Waals surface area contributed by atoms with E-state index in [1.165, 1.54) is 23.7 Å². The highest BCUT2D eigenvalue weighted by Crippen LogP contribution is 2.37. The van der Waals surface area contributed by atoms with Crippen LogP contribution in [0.2, 0.25) is 0 Å². The van der Waals surface area contributed by atoms with E-state index in [4.69, 9.17) is 9.72 Å². The van der Waals surface area contributed by atoms with E-state index in [0.717, 1.165) is 23.6 Å². The van der Waals surface area contributed by atoms with Gasteiger partial charge in [-0.1, -0.05) is 24.3 Å². The van der Waals surface area contributed by atoms with Crippen LogP contribution in [0.25, 0.3) is 33.5 Å². The molecule has 3 N–H and O–H groups in total. The summed E-state index contributed by atoms with van der Waals surface area (Å²) >= 11 is 0. The molecule has 0 radical (unpaired) electrons. The van der Waals surface area contributed by atoms with Gasteiger partial charge in [-0.3, -0.25) is 9.59 Å². The van der Waals surface area contributed by atoms with Crippen molar-refractivity contribution in [2.75, 3.05) is 40.8 Å². The first kappa shape index (κ1) is 28.0. The zero-order valence-electron chi connectivity index (χ0n) is 24.7. The van der Waals surface area contributed by atoms with E-state index in [1.807, 2.05) is 38.2 Å². The maximum Gasteiger partial charge on any atom is 0.251 e. The SMILES string of the molecule is COc1cc(C(=O)NC2CNC[C@@H]2NC(=O)/C=C/CN(C)C)cc2nc(-c3cc4ccccc4n3CC3CC3)n(C)c12. The van der Waals surface area contributed by atoms with Crippen molar-refractivity contribution >= 4 is 33.8 Å². The third-order valence-electron chi connectivity index (χ3n) is 8.19. The molecule has 2 fully saturated rings. The number of aryl methyl sites for hydroxylation is 1. The first-order chi connectivity index (χ1) is 20.3. The molecule has 6 rings (SSSR count). The van der Waals surface area contributed by atoms with Gasteiger partial charge in [0.2, 0.25) is 5.91 Å². The largest absolute Gasteiger partial charge is 0.494 e. The summed E-state index contributed by atoms with van der Waals surface area (Å²) in [5.41, 5.74) is 4.26. The zero-order chi connectivity index (χ0) is 29.4. The Bertz CT molecular complexity index is 1660. The zero-order valence-corrected chi connectivity index (χ0v) is 24.7. The highest BCUT2D eigenvalue weighted by Gasteiger charge is 2.30. The Balaban J connectivity index is 1.27. The summed E-state index contributed by atoms with van der Waals surface area (Å²) in [7, 11) is 7.50. The monoisotopic (exact) mass is 569 g/mol. The number of ether oxygens (including phenoxy) is 1. The number of hydrogen-bond donors (Lipinski definition) is 3. The van der Waals surface area contributed by atoms with Crippen molar-refractivity contribution in [1.82, 2.24) is 35.0 Å². The lowest BCUT2D eigenvalue weighted by molar-refractivity contribution is -0.117. The number of carbonyl (C=O) groups is 2. The summed E-state index contributed by atoms with van der Waals surface area (Å²) in [6, 6.07) is 13.8. The normalized spacial score (nSPS) is 18.9. The van der Waals surface area contributed by atoms with Gasteiger partial charge in [0.15, 0.2) is 5.82 Å². The number of imidazole rings is 1. The fourth-order valence-corrected chi connectivity index (χ4v) is 5.81. The Kier molecular flexibility index (Phi) is 7.74. The third kappa shape index (κ3) is 5.64. The second-order valence-corrected chi connectivity index (χ2v) is 11.7. The second-order valence-electron chi connectivity index (χ2n) is 11.7. The lowest BCUT2D eigenvalue weighted by Gasteiger charge is -2.21. The molecule has 0 bridgehead atoms. The van der Waals surface area contributed by atoms with Crippen LogP contribution >= 0.6 is 0 Å². The van der Waals surface area contributed by atoms with Gasteiger partial charge < -0.3 is 34.7 Å². The number of benzene rings is 2. The van der Waals surface area contributed by atoms with Gasteiger partial charge in [0.05, 0.1) is 30.4 Å². The van der Waals surface area contributed by atoms with Crippen LogP contribution < -0.4 is 20.7 Å². The number of nitrogens with zero attached hydrogens (tertiary/aromatic N) is 4. The molecule has 2 amide bonds. The van der Waals surface area contributed by atoms with Crippen LogP contribution in [0.4, 0.5) is 0 Å². The fourth-order valence-electron chi connectivity index (χ4n) is 5.81. The molecule has 2 aromatic heterocycles. The minimum absolute atomic E-state index is 0.173. The van der Waals surface area contributed by atoms with Gasteiger partial charge >= 0.3 is 0 Å². The molecule has 1 aliphatic carbocycles. The van der Waals surface area contributed by atoms with Crippen LogP contribution in [0.1, 0.15) is 23.2 Å². The summed E-state index contributed by atoms with van der Waals surface area (Å²) < 4.78 is 10.2. The van der Waals surface area contributed by atoms with Gasteiger partial charge in [-0.15, -0.1) is 0 Å². The number of hydrogen-bond acceptors (Lipinski definition) is 6. The topological polar surface area (TPSA) is 105 Å². The van der Waals surface area contributed by atoms with Gasteiger partial charge in [0, 0.05) is 55.8 Å². The van der Waals surface area contributed by atoms with Crippen LogP contribution in [-0.4, -0.2) is 83.8 Å². The quantitative estimate of drug-likeness (QED) is 0.254. The second kappa shape index (κ2) is 11.6. The average Bonchev–Trinajstić information content (AvgIpc) is 3.44. The summed E-state index contributed by atoms with van der Waals surface area (Å²) in [6.45, 7) is 2.80. The minimum Gasteiger partial charge on any atom is -0.494 e. The van der Waals surface area contributed by atoms with Gasteiger partial charge in [-0.05, 0) is 57.1 Å². The maximum absolute atomic E-state index is 13.5. The van der Waals surface area contributed by atoms with Crippen LogP contribution in [0.5, 0.6) is 5.75 Å². The van der Waals surface area contributed by atoms with E-state index in [0.29, 0.717) is 42.4 Å². The smallest absolute Gasteiger partial charge is 0.251 e. The number of fused-ring (bicyclic) bond motifs is 2. The molecule has 1 saturated carbocycles. The molecule has 220 valence electrons. The molecule has 1 saturated heterocycles. The molecular weight excluding hydrogens is 530 g/mol. The maximum atomic E-state index is 13.5. The first-order valence-electron chi connectivity index (χ1n) is 14.6. The van der Waals surface area contributed by atoms with Crippen LogP contribution in [0.3, 0.4) is 0 Å². The van der Waals surface area contributed by atoms with Gasteiger partial charge in [0.1, 0.15) is 11.3 Å². The van der Waals surface area contributed by atoms with Crippen LogP contribution in [0, 0.1) is 5.92 Å². The molecule has 3 heterocycles. The molecule has 1 aliphatic heterocycles. The summed E-state index contributed by atoms with van der Waals surface area (Å²) in [5, 5.41) is 10.6. The molecule has 42 heavy (non-hydrogen) atoms. The van der Waals surface area contributed by atoms with E-state index in [-0.39, 0.29) is 23.9 Å². The Morgan fingerprint density at radius 2 is 1.88 bits per heavy atom. The van der Waals surface area contributed by atoms with Gasteiger partial charge in [-0.25, -0.2) is 4.98 Å². The van der Waals surface area contributed by atoms with E-state index >= 15 is 0 Å². The fraction of sp³-hybridized carbons (Fsp3) is 0.406. The average molecular weight is 570 g/mol. The minimum atomic E-state index is -0.247. The third-order valence-corrected chi connectivity index (χ3v) is 8.19. The molecule has 4 aromatic rings. The van der Waals surface area contributed by atoms with Crippen molar-refractivity contribution < 1.29 is 14.3 Å². The van der Waals surface area contributed by atoms with E-state index in [1.54, 1.807) is 19.3 Å². The standard InChI is InChI=1S/C32H39N7O3/c1-37(2)13-7-10-29(40)34-24-17-33-18-25(24)36-32(41)22-14-23-30(28(16-22)42-4)38(3)31(35-23)27-15-21-8-5-6-9-26(21)39(27)19-20-11-12-20/h5-10,14-16,20,24-25,33H,11-13,17-19H2,1-4H3,(H,34,40)(H,36,41)/b10-7+/t24-,25?/m0/s1. The van der Waals surface area contributed by atoms with Crippen molar-refractivity contribution in [3.05, 3.63) is 60.2 Å². The van der Waals surface area contributed by atoms with Crippen molar-refractivity contribution in [2.45, 2.75) is 31.5 Å². The van der Waals surface area contributed by atoms with Crippen molar-refractivity contribution in [1.29, 1.82) is 0 Å². The molecule has 10 heteroatoms. The van der Waals surface area contributed by atoms with Crippen molar-refractivity contribution in [3.63, 3.8) is 0 Å². The number of aromatic nitrogens is 3. The number of rotatable bonds is 10. The van der Waals surface area contributed by atoms with E-state index in [9.17, 15) is 9.59 Å². The summed E-state index contributed by atoms with van der Waals surface area (Å²) in [5.74, 6) is 1.72. The molecule has 2 aromatic carbocycles. The summed E-state index contributed by atoms with van der Waals surface area (Å²) in [6.07, 6.45) is 5.88. The van der Waals surface area contributed by atoms with Crippen molar-refractivity contribution in [2.24, 2.45) is 13.0 Å². The van der Waals surface area contributed by atoms with E-state index < -0.39 is 0 Å². The van der Waals surface area contributed by atoms with Crippen LogP contribution in [0.15, 0.2) is 54.6 Å². The van der Waals surface area contributed by atoms with Crippen molar-refractivity contribution in [3.8, 4) is 17.3 Å². The van der Waals surface area contributed by atoms with E-state index in [2.05, 4.69) is 55.4 Å². The number of amides is 2. The highest BCUT2D eigenvalue weighted by molar-refractivity contribution is 6.00.